The second kappa shape index (κ2) is 4.93. The fourth-order valence-electron chi connectivity index (χ4n) is 3.06. The Morgan fingerprint density at radius 3 is 2.85 bits per heavy atom. The van der Waals surface area contributed by atoms with Crippen molar-refractivity contribution in [1.29, 1.82) is 0 Å². The summed E-state index contributed by atoms with van der Waals surface area (Å²) in [5.74, 6) is 0.118. The third kappa shape index (κ3) is 2.09. The number of hydrogen-bond donors (Lipinski definition) is 0. The zero-order valence-electron chi connectivity index (χ0n) is 12.4. The second-order valence-corrected chi connectivity index (χ2v) is 5.82. The highest BCUT2D eigenvalue weighted by Gasteiger charge is 2.27. The van der Waals surface area contributed by atoms with E-state index in [1.807, 2.05) is 41.5 Å². The molecule has 0 aromatic carbocycles. The third-order valence-electron chi connectivity index (χ3n) is 4.21. The largest absolute Gasteiger partial charge is 0.335 e. The molecule has 0 saturated carbocycles. The molecular formula is C16H21N3O. The van der Waals surface area contributed by atoms with E-state index in [2.05, 4.69) is 11.9 Å². The van der Waals surface area contributed by atoms with Crippen LogP contribution in [0.1, 0.15) is 47.9 Å². The van der Waals surface area contributed by atoms with Crippen molar-refractivity contribution in [3.63, 3.8) is 0 Å². The topological polar surface area (TPSA) is 37.6 Å². The highest BCUT2D eigenvalue weighted by molar-refractivity contribution is 5.95. The molecule has 1 aliphatic rings. The van der Waals surface area contributed by atoms with Gasteiger partial charge in [0.25, 0.3) is 5.91 Å². The highest BCUT2D eigenvalue weighted by Crippen LogP contribution is 2.21. The molecule has 1 aliphatic heterocycles. The van der Waals surface area contributed by atoms with Crippen LogP contribution in [0.5, 0.6) is 0 Å². The molecule has 0 aliphatic carbocycles. The molecule has 3 heterocycles. The SMILES string of the molecule is Cc1ccc2nc(C)c(C(=O)N3CCCCC3C)n2c1. The van der Waals surface area contributed by atoms with Crippen LogP contribution in [0, 0.1) is 13.8 Å². The molecule has 2 aromatic rings. The van der Waals surface area contributed by atoms with E-state index < -0.39 is 0 Å². The van der Waals surface area contributed by atoms with Gasteiger partial charge >= 0.3 is 0 Å². The van der Waals surface area contributed by atoms with Crippen LogP contribution < -0.4 is 0 Å². The van der Waals surface area contributed by atoms with Crippen molar-refractivity contribution < 1.29 is 4.79 Å². The first-order chi connectivity index (χ1) is 9.58. The van der Waals surface area contributed by atoms with Crippen LogP contribution >= 0.6 is 0 Å². The number of imidazole rings is 1. The summed E-state index contributed by atoms with van der Waals surface area (Å²) in [5.41, 5.74) is 3.52. The number of fused-ring (bicyclic) bond motifs is 1. The maximum absolute atomic E-state index is 12.9. The number of aryl methyl sites for hydroxylation is 2. The number of carbonyl (C=O) groups excluding carboxylic acids is 1. The number of pyridine rings is 1. The summed E-state index contributed by atoms with van der Waals surface area (Å²) < 4.78 is 1.94. The quantitative estimate of drug-likeness (QED) is 0.799. The van der Waals surface area contributed by atoms with Crippen molar-refractivity contribution in [2.45, 2.75) is 46.1 Å². The lowest BCUT2D eigenvalue weighted by molar-refractivity contribution is 0.0627. The van der Waals surface area contributed by atoms with Gasteiger partial charge in [-0.2, -0.15) is 0 Å². The summed E-state index contributed by atoms with van der Waals surface area (Å²) in [6.45, 7) is 6.95. The van der Waals surface area contributed by atoms with E-state index in [-0.39, 0.29) is 5.91 Å². The molecule has 0 radical (unpaired) electrons. The van der Waals surface area contributed by atoms with E-state index in [1.165, 1.54) is 6.42 Å². The molecule has 1 unspecified atom stereocenters. The molecule has 0 N–H and O–H groups in total. The number of piperidine rings is 1. The van der Waals surface area contributed by atoms with Crippen LogP contribution in [-0.2, 0) is 0 Å². The van der Waals surface area contributed by atoms with Gasteiger partial charge in [-0.3, -0.25) is 9.20 Å². The van der Waals surface area contributed by atoms with Gasteiger partial charge in [0.2, 0.25) is 0 Å². The number of carbonyl (C=O) groups is 1. The van der Waals surface area contributed by atoms with Crippen molar-refractivity contribution in [2.24, 2.45) is 0 Å². The van der Waals surface area contributed by atoms with Crippen molar-refractivity contribution in [2.75, 3.05) is 6.54 Å². The first-order valence-electron chi connectivity index (χ1n) is 7.34. The van der Waals surface area contributed by atoms with Gasteiger partial charge in [-0.15, -0.1) is 0 Å². The summed E-state index contributed by atoms with van der Waals surface area (Å²) in [6, 6.07) is 4.32. The number of aromatic nitrogens is 2. The molecule has 1 saturated heterocycles. The van der Waals surface area contributed by atoms with Gasteiger partial charge < -0.3 is 4.90 Å². The summed E-state index contributed by atoms with van der Waals surface area (Å²) in [4.78, 5) is 19.4. The third-order valence-corrected chi connectivity index (χ3v) is 4.21. The van der Waals surface area contributed by atoms with Crippen LogP contribution in [0.15, 0.2) is 18.3 Å². The van der Waals surface area contributed by atoms with Gasteiger partial charge in [0.05, 0.1) is 5.69 Å². The van der Waals surface area contributed by atoms with Crippen LogP contribution in [-0.4, -0.2) is 32.8 Å². The van der Waals surface area contributed by atoms with E-state index in [4.69, 9.17) is 0 Å². The Balaban J connectivity index is 2.06. The summed E-state index contributed by atoms with van der Waals surface area (Å²) in [6.07, 6.45) is 5.42. The molecule has 3 rings (SSSR count). The first kappa shape index (κ1) is 13.2. The minimum atomic E-state index is 0.118. The van der Waals surface area contributed by atoms with E-state index in [9.17, 15) is 4.79 Å². The van der Waals surface area contributed by atoms with Crippen LogP contribution in [0.3, 0.4) is 0 Å². The molecule has 0 bridgehead atoms. The standard InChI is InChI=1S/C16H21N3O/c1-11-7-8-14-17-13(3)15(19(14)10-11)16(20)18-9-5-4-6-12(18)2/h7-8,10,12H,4-6,9H2,1-3H3. The van der Waals surface area contributed by atoms with E-state index in [0.29, 0.717) is 6.04 Å². The molecule has 1 atom stereocenters. The normalized spacial score (nSPS) is 19.6. The van der Waals surface area contributed by atoms with Gasteiger partial charge in [-0.25, -0.2) is 4.98 Å². The number of hydrogen-bond acceptors (Lipinski definition) is 2. The Bertz CT molecular complexity index is 659. The van der Waals surface area contributed by atoms with Crippen molar-refractivity contribution in [3.05, 3.63) is 35.3 Å². The second-order valence-electron chi connectivity index (χ2n) is 5.82. The molecule has 20 heavy (non-hydrogen) atoms. The van der Waals surface area contributed by atoms with Crippen LogP contribution in [0.2, 0.25) is 0 Å². The average molecular weight is 271 g/mol. The van der Waals surface area contributed by atoms with Crippen molar-refractivity contribution in [1.82, 2.24) is 14.3 Å². The Morgan fingerprint density at radius 2 is 2.10 bits per heavy atom. The molecule has 106 valence electrons. The average Bonchev–Trinajstić information content (AvgIpc) is 2.74. The van der Waals surface area contributed by atoms with Crippen molar-refractivity contribution >= 4 is 11.6 Å². The molecular weight excluding hydrogens is 250 g/mol. The number of amides is 1. The highest BCUT2D eigenvalue weighted by atomic mass is 16.2. The minimum absolute atomic E-state index is 0.118. The zero-order chi connectivity index (χ0) is 14.3. The molecule has 2 aromatic heterocycles. The Hall–Kier alpha value is -1.84. The summed E-state index contributed by atoms with van der Waals surface area (Å²) >= 11 is 0. The molecule has 1 amide bonds. The van der Waals surface area contributed by atoms with Gasteiger partial charge in [-0.05, 0) is 51.7 Å². The fourth-order valence-corrected chi connectivity index (χ4v) is 3.06. The van der Waals surface area contributed by atoms with Gasteiger partial charge in [0.1, 0.15) is 11.3 Å². The maximum Gasteiger partial charge on any atom is 0.273 e. The van der Waals surface area contributed by atoms with Gasteiger partial charge in [0.15, 0.2) is 0 Å². The molecule has 1 fully saturated rings. The number of likely N-dealkylation sites (tertiary alicyclic amines) is 1. The summed E-state index contributed by atoms with van der Waals surface area (Å²) in [5, 5.41) is 0. The predicted molar refractivity (Wildman–Crippen MR) is 79.0 cm³/mol. The van der Waals surface area contributed by atoms with Gasteiger partial charge in [0, 0.05) is 18.8 Å². The lowest BCUT2D eigenvalue weighted by Crippen LogP contribution is -2.42. The van der Waals surface area contributed by atoms with E-state index >= 15 is 0 Å². The first-order valence-corrected chi connectivity index (χ1v) is 7.34. The molecule has 4 heteroatoms. The lowest BCUT2D eigenvalue weighted by Gasteiger charge is -2.33. The molecule has 4 nitrogen and oxygen atoms in total. The van der Waals surface area contributed by atoms with Gasteiger partial charge in [-0.1, -0.05) is 6.07 Å². The lowest BCUT2D eigenvalue weighted by atomic mass is 10.0. The van der Waals surface area contributed by atoms with E-state index in [1.54, 1.807) is 0 Å². The fraction of sp³-hybridized carbons (Fsp3) is 0.500. The minimum Gasteiger partial charge on any atom is -0.335 e. The maximum atomic E-state index is 12.9. The Kier molecular flexibility index (Phi) is 3.24. The summed E-state index contributed by atoms with van der Waals surface area (Å²) in [7, 11) is 0. The number of nitrogens with zero attached hydrogens (tertiary/aromatic N) is 3. The molecule has 0 spiro atoms. The zero-order valence-corrected chi connectivity index (χ0v) is 12.4. The van der Waals surface area contributed by atoms with Crippen LogP contribution in [0.4, 0.5) is 0 Å². The van der Waals surface area contributed by atoms with Crippen LogP contribution in [0.25, 0.3) is 5.65 Å². The smallest absolute Gasteiger partial charge is 0.273 e. The monoisotopic (exact) mass is 271 g/mol. The Morgan fingerprint density at radius 1 is 1.30 bits per heavy atom. The van der Waals surface area contributed by atoms with E-state index in [0.717, 1.165) is 42.0 Å². The number of rotatable bonds is 1. The van der Waals surface area contributed by atoms with Crippen molar-refractivity contribution in [3.8, 4) is 0 Å². The predicted octanol–water partition coefficient (Wildman–Crippen LogP) is 2.97. The Labute approximate surface area is 119 Å².